The zero-order valence-corrected chi connectivity index (χ0v) is 38.0. The highest BCUT2D eigenvalue weighted by Gasteiger charge is 2.36. The Morgan fingerprint density at radius 3 is 1.38 bits per heavy atom. The van der Waals surface area contributed by atoms with E-state index in [2.05, 4.69) is 254 Å². The molecule has 320 valence electrons. The second kappa shape index (κ2) is 14.5. The molecule has 0 fully saturated rings. The van der Waals surface area contributed by atoms with Crippen molar-refractivity contribution in [2.75, 3.05) is 0 Å². The van der Waals surface area contributed by atoms with Crippen LogP contribution in [-0.2, 0) is 5.41 Å². The molecule has 0 saturated heterocycles. The van der Waals surface area contributed by atoms with Crippen LogP contribution in [0.5, 0.6) is 0 Å². The van der Waals surface area contributed by atoms with Crippen molar-refractivity contribution in [3.8, 4) is 67.0 Å². The summed E-state index contributed by atoms with van der Waals surface area (Å²) < 4.78 is 4.95. The van der Waals surface area contributed by atoms with Gasteiger partial charge in [-0.05, 0) is 139 Å². The van der Waals surface area contributed by atoms with Crippen molar-refractivity contribution in [1.82, 2.24) is 9.13 Å². The van der Waals surface area contributed by atoms with E-state index < -0.39 is 0 Å². The van der Waals surface area contributed by atoms with E-state index in [-0.39, 0.29) is 11.3 Å². The molecule has 1 unspecified atom stereocenters. The first-order valence-electron chi connectivity index (χ1n) is 23.8. The minimum absolute atomic E-state index is 0.0797. The van der Waals surface area contributed by atoms with E-state index >= 15 is 0 Å². The van der Waals surface area contributed by atoms with Gasteiger partial charge in [0.15, 0.2) is 0 Å². The van der Waals surface area contributed by atoms with Crippen LogP contribution in [0.3, 0.4) is 0 Å². The zero-order valence-electron chi connectivity index (χ0n) is 38.0. The van der Waals surface area contributed by atoms with E-state index in [0.29, 0.717) is 0 Å². The highest BCUT2D eigenvalue weighted by atomic mass is 15.0. The van der Waals surface area contributed by atoms with Crippen LogP contribution in [0.25, 0.3) is 111 Å². The first-order chi connectivity index (χ1) is 33.4. The molecule has 12 aromatic rings. The molecule has 0 bridgehead atoms. The molecule has 14 rings (SSSR count). The molecule has 0 saturated carbocycles. The van der Waals surface area contributed by atoms with Gasteiger partial charge in [-0.3, -0.25) is 0 Å². The Bertz CT molecular complexity index is 4030. The Balaban J connectivity index is 0.897. The number of benzene rings is 10. The van der Waals surface area contributed by atoms with E-state index in [0.717, 1.165) is 11.4 Å². The van der Waals surface area contributed by atoms with Crippen molar-refractivity contribution in [1.29, 1.82) is 0 Å². The van der Waals surface area contributed by atoms with Gasteiger partial charge >= 0.3 is 0 Å². The maximum absolute atomic E-state index is 4.29. The van der Waals surface area contributed by atoms with E-state index in [1.165, 1.54) is 122 Å². The molecular formula is C66H46N2. The number of hydrogen-bond acceptors (Lipinski definition) is 0. The largest absolute Gasteiger partial charge is 0.309 e. The number of fused-ring (bicyclic) bond motifs is 12. The Kier molecular flexibility index (Phi) is 8.28. The van der Waals surface area contributed by atoms with Gasteiger partial charge in [-0.1, -0.05) is 178 Å². The van der Waals surface area contributed by atoms with Crippen molar-refractivity contribution in [2.24, 2.45) is 0 Å². The van der Waals surface area contributed by atoms with E-state index in [9.17, 15) is 0 Å². The van der Waals surface area contributed by atoms with Crippen LogP contribution in [0.4, 0.5) is 0 Å². The second-order valence-electron chi connectivity index (χ2n) is 19.3. The standard InChI is InChI=1S/C66H46N2/c1-4-49-50-19-11-12-20-51(50)56-39-64-58(37-55(49)56)53-33-27-45(41-15-7-5-8-16-41)35-62(53)67(64)47-29-23-43(24-30-47)44-25-31-48(32-26-44)68-63-36-46(42-17-9-6-10-18-42)28-34-54(63)59-38-61-57(40-65(59)68)52-21-13-14-22-60(52)66(61,2)3/h4-40,49H,1H2,2-3H3. The third-order valence-electron chi connectivity index (χ3n) is 15.4. The molecule has 1 atom stereocenters. The summed E-state index contributed by atoms with van der Waals surface area (Å²) in [6.45, 7) is 9.03. The normalized spacial score (nSPS) is 14.4. The quantitative estimate of drug-likeness (QED) is 0.147. The van der Waals surface area contributed by atoms with Gasteiger partial charge < -0.3 is 9.13 Å². The van der Waals surface area contributed by atoms with Crippen molar-refractivity contribution in [3.63, 3.8) is 0 Å². The molecule has 0 amide bonds. The smallest absolute Gasteiger partial charge is 0.0547 e. The number of allylic oxidation sites excluding steroid dienone is 1. The van der Waals surface area contributed by atoms with Crippen molar-refractivity contribution < 1.29 is 0 Å². The Morgan fingerprint density at radius 2 is 0.809 bits per heavy atom. The fourth-order valence-corrected chi connectivity index (χ4v) is 12.0. The van der Waals surface area contributed by atoms with Gasteiger partial charge in [-0.2, -0.15) is 0 Å². The van der Waals surface area contributed by atoms with E-state index in [1.54, 1.807) is 0 Å². The van der Waals surface area contributed by atoms with Crippen molar-refractivity contribution in [2.45, 2.75) is 25.2 Å². The highest BCUT2D eigenvalue weighted by Crippen LogP contribution is 2.52. The molecule has 0 radical (unpaired) electrons. The fourth-order valence-electron chi connectivity index (χ4n) is 12.0. The lowest BCUT2D eigenvalue weighted by Gasteiger charge is -2.21. The summed E-state index contributed by atoms with van der Waals surface area (Å²) in [4.78, 5) is 0. The van der Waals surface area contributed by atoms with Gasteiger partial charge in [0.2, 0.25) is 0 Å². The molecule has 2 heterocycles. The summed E-state index contributed by atoms with van der Waals surface area (Å²) in [6.07, 6.45) is 2.10. The van der Waals surface area contributed by atoms with Crippen molar-refractivity contribution >= 4 is 43.6 Å². The summed E-state index contributed by atoms with van der Waals surface area (Å²) in [5.74, 6) is 0.172. The SMILES string of the molecule is C=CC1c2ccccc2-c2cc3c(cc21)c1ccc(-c2ccccc2)cc1n3-c1ccc(-c2ccc(-n3c4cc(-c5ccccc5)ccc4c4cc5c(cc43)-c3ccccc3C5(C)C)cc2)cc1. The van der Waals surface area contributed by atoms with E-state index in [4.69, 9.17) is 0 Å². The molecule has 10 aromatic carbocycles. The molecule has 2 heteroatoms. The molecule has 2 aliphatic carbocycles. The van der Waals surface area contributed by atoms with Gasteiger partial charge in [-0.25, -0.2) is 0 Å². The lowest BCUT2D eigenvalue weighted by Crippen LogP contribution is -2.14. The lowest BCUT2D eigenvalue weighted by atomic mass is 9.82. The first-order valence-corrected chi connectivity index (χ1v) is 23.8. The third kappa shape index (κ3) is 5.58. The molecule has 2 aromatic heterocycles. The highest BCUT2D eigenvalue weighted by molar-refractivity contribution is 6.14. The summed E-state index contributed by atoms with van der Waals surface area (Å²) in [7, 11) is 0. The monoisotopic (exact) mass is 866 g/mol. The summed E-state index contributed by atoms with van der Waals surface area (Å²) in [5.41, 5.74) is 25.0. The van der Waals surface area contributed by atoms with Crippen LogP contribution in [0.15, 0.2) is 231 Å². The van der Waals surface area contributed by atoms with E-state index in [1.807, 2.05) is 0 Å². The first kappa shape index (κ1) is 38.8. The maximum atomic E-state index is 4.29. The van der Waals surface area contributed by atoms with Crippen LogP contribution < -0.4 is 0 Å². The molecule has 68 heavy (non-hydrogen) atoms. The molecule has 0 spiro atoms. The van der Waals surface area contributed by atoms with Gasteiger partial charge in [0.25, 0.3) is 0 Å². The molecule has 2 nitrogen and oxygen atoms in total. The number of aromatic nitrogens is 2. The average Bonchev–Trinajstić information content (AvgIpc) is 4.07. The number of hydrogen-bond donors (Lipinski definition) is 0. The Labute approximate surface area is 396 Å². The summed E-state index contributed by atoms with van der Waals surface area (Å²) in [5, 5.41) is 5.07. The minimum Gasteiger partial charge on any atom is -0.309 e. The zero-order chi connectivity index (χ0) is 45.3. The predicted octanol–water partition coefficient (Wildman–Crippen LogP) is 17.5. The van der Waals surface area contributed by atoms with Gasteiger partial charge in [0.1, 0.15) is 0 Å². The summed E-state index contributed by atoms with van der Waals surface area (Å²) >= 11 is 0. The summed E-state index contributed by atoms with van der Waals surface area (Å²) in [6, 6.07) is 81.3. The topological polar surface area (TPSA) is 9.86 Å². The van der Waals surface area contributed by atoms with Crippen LogP contribution in [0.2, 0.25) is 0 Å². The molecule has 0 N–H and O–H groups in total. The predicted molar refractivity (Wildman–Crippen MR) is 286 cm³/mol. The second-order valence-corrected chi connectivity index (χ2v) is 19.3. The van der Waals surface area contributed by atoms with Gasteiger partial charge in [0.05, 0.1) is 22.1 Å². The fraction of sp³-hybridized carbons (Fsp3) is 0.0606. The lowest BCUT2D eigenvalue weighted by molar-refractivity contribution is 0.661. The molecule has 2 aliphatic rings. The van der Waals surface area contributed by atoms with Crippen LogP contribution in [-0.4, -0.2) is 9.13 Å². The minimum atomic E-state index is -0.0797. The Morgan fingerprint density at radius 1 is 0.353 bits per heavy atom. The van der Waals surface area contributed by atoms with Crippen LogP contribution >= 0.6 is 0 Å². The third-order valence-corrected chi connectivity index (χ3v) is 15.4. The van der Waals surface area contributed by atoms with Crippen molar-refractivity contribution in [3.05, 3.63) is 253 Å². The Hall–Kier alpha value is -8.46. The number of rotatable bonds is 6. The van der Waals surface area contributed by atoms with Crippen LogP contribution in [0, 0.1) is 0 Å². The number of nitrogens with zero attached hydrogens (tertiary/aromatic N) is 2. The van der Waals surface area contributed by atoms with Gasteiger partial charge in [0, 0.05) is 44.3 Å². The molecule has 0 aliphatic heterocycles. The maximum Gasteiger partial charge on any atom is 0.0547 e. The van der Waals surface area contributed by atoms with Crippen LogP contribution in [0.1, 0.15) is 42.0 Å². The molecular weight excluding hydrogens is 821 g/mol. The average molecular weight is 867 g/mol. The van der Waals surface area contributed by atoms with Gasteiger partial charge in [-0.15, -0.1) is 6.58 Å².